The van der Waals surface area contributed by atoms with Crippen molar-refractivity contribution in [3.63, 3.8) is 0 Å². The van der Waals surface area contributed by atoms with E-state index in [1.165, 1.54) is 19.5 Å². The second kappa shape index (κ2) is 4.55. The van der Waals surface area contributed by atoms with E-state index in [0.717, 1.165) is 0 Å². The molecule has 0 aliphatic rings. The van der Waals surface area contributed by atoms with Gasteiger partial charge < -0.3 is 9.47 Å². The summed E-state index contributed by atoms with van der Waals surface area (Å²) in [5.41, 5.74) is 0.144. The van der Waals surface area contributed by atoms with Gasteiger partial charge in [0, 0.05) is 0 Å². The predicted molar refractivity (Wildman–Crippen MR) is 49.1 cm³/mol. The van der Waals surface area contributed by atoms with Crippen molar-refractivity contribution in [2.45, 2.75) is 20.0 Å². The fourth-order valence-electron chi connectivity index (χ4n) is 0.849. The van der Waals surface area contributed by atoms with Crippen LogP contribution in [0.4, 0.5) is 0 Å². The maximum atomic E-state index is 11.1. The molecule has 0 saturated heterocycles. The highest BCUT2D eigenvalue weighted by Gasteiger charge is 2.09. The number of rotatable bonds is 3. The van der Waals surface area contributed by atoms with Crippen molar-refractivity contribution >= 4 is 5.97 Å². The molecule has 0 saturated carbocycles. The largest absolute Gasteiger partial charge is 0.474 e. The van der Waals surface area contributed by atoms with Crippen LogP contribution in [-0.2, 0) is 4.74 Å². The van der Waals surface area contributed by atoms with E-state index >= 15 is 0 Å². The summed E-state index contributed by atoms with van der Waals surface area (Å²) in [4.78, 5) is 18.8. The molecule has 0 bridgehead atoms. The molecule has 0 fully saturated rings. The predicted octanol–water partition coefficient (Wildman–Crippen LogP) is 1.05. The Bertz CT molecular complexity index is 326. The minimum Gasteiger partial charge on any atom is -0.474 e. The second-order valence-electron chi connectivity index (χ2n) is 2.90. The van der Waals surface area contributed by atoms with Crippen LogP contribution in [0.25, 0.3) is 0 Å². The average molecular weight is 196 g/mol. The Morgan fingerprint density at radius 3 is 2.71 bits per heavy atom. The van der Waals surface area contributed by atoms with Gasteiger partial charge in [0.2, 0.25) is 5.88 Å². The molecule has 0 spiro atoms. The molecule has 1 heterocycles. The van der Waals surface area contributed by atoms with Crippen LogP contribution in [0, 0.1) is 0 Å². The van der Waals surface area contributed by atoms with Crippen LogP contribution in [0.2, 0.25) is 0 Å². The fourth-order valence-corrected chi connectivity index (χ4v) is 0.849. The molecule has 1 aromatic heterocycles. The van der Waals surface area contributed by atoms with Crippen LogP contribution in [-0.4, -0.2) is 29.2 Å². The number of carbonyl (C=O) groups excluding carboxylic acids is 1. The molecule has 0 N–H and O–H groups in total. The maximum Gasteiger partial charge on any atom is 0.358 e. The Morgan fingerprint density at radius 1 is 1.43 bits per heavy atom. The zero-order valence-electron chi connectivity index (χ0n) is 8.35. The third kappa shape index (κ3) is 2.69. The Hall–Kier alpha value is -1.65. The number of methoxy groups -OCH3 is 1. The lowest BCUT2D eigenvalue weighted by molar-refractivity contribution is 0.0591. The van der Waals surface area contributed by atoms with E-state index in [4.69, 9.17) is 4.74 Å². The van der Waals surface area contributed by atoms with Crippen molar-refractivity contribution in [2.24, 2.45) is 0 Å². The highest BCUT2D eigenvalue weighted by molar-refractivity contribution is 5.86. The molecule has 0 aromatic carbocycles. The van der Waals surface area contributed by atoms with Crippen LogP contribution in [0.1, 0.15) is 24.3 Å². The second-order valence-corrected chi connectivity index (χ2v) is 2.90. The lowest BCUT2D eigenvalue weighted by Crippen LogP contribution is -2.10. The van der Waals surface area contributed by atoms with Gasteiger partial charge in [0.1, 0.15) is 0 Å². The summed E-state index contributed by atoms with van der Waals surface area (Å²) in [6.07, 6.45) is 2.78. The van der Waals surface area contributed by atoms with Gasteiger partial charge in [0.15, 0.2) is 5.69 Å². The van der Waals surface area contributed by atoms with Crippen molar-refractivity contribution in [3.05, 3.63) is 18.1 Å². The first-order chi connectivity index (χ1) is 6.63. The number of hydrogen-bond donors (Lipinski definition) is 0. The molecular weight excluding hydrogens is 184 g/mol. The molecule has 0 aliphatic carbocycles. The van der Waals surface area contributed by atoms with Crippen molar-refractivity contribution in [1.29, 1.82) is 0 Å². The van der Waals surface area contributed by atoms with Crippen LogP contribution in [0.15, 0.2) is 12.4 Å². The normalized spacial score (nSPS) is 10.0. The average Bonchev–Trinajstić information content (AvgIpc) is 2.16. The van der Waals surface area contributed by atoms with E-state index in [0.29, 0.717) is 5.88 Å². The topological polar surface area (TPSA) is 61.3 Å². The Balaban J connectivity index is 2.84. The molecule has 0 unspecified atom stereocenters. The van der Waals surface area contributed by atoms with Crippen molar-refractivity contribution < 1.29 is 14.3 Å². The molecule has 0 radical (unpaired) electrons. The van der Waals surface area contributed by atoms with Crippen molar-refractivity contribution in [3.8, 4) is 5.88 Å². The van der Waals surface area contributed by atoms with E-state index in [1.54, 1.807) is 0 Å². The van der Waals surface area contributed by atoms with Gasteiger partial charge in [-0.3, -0.25) is 4.98 Å². The maximum absolute atomic E-state index is 11.1. The number of aromatic nitrogens is 2. The van der Waals surface area contributed by atoms with Gasteiger partial charge in [-0.15, -0.1) is 0 Å². The third-order valence-electron chi connectivity index (χ3n) is 1.36. The molecule has 5 nitrogen and oxygen atoms in total. The zero-order valence-corrected chi connectivity index (χ0v) is 8.35. The molecule has 14 heavy (non-hydrogen) atoms. The van der Waals surface area contributed by atoms with E-state index in [9.17, 15) is 4.79 Å². The van der Waals surface area contributed by atoms with E-state index in [-0.39, 0.29) is 11.8 Å². The first kappa shape index (κ1) is 10.4. The zero-order chi connectivity index (χ0) is 10.6. The SMILES string of the molecule is COC(=O)c1cncc(OC(C)C)n1. The summed E-state index contributed by atoms with van der Waals surface area (Å²) >= 11 is 0. The highest BCUT2D eigenvalue weighted by Crippen LogP contribution is 2.07. The monoisotopic (exact) mass is 196 g/mol. The quantitative estimate of drug-likeness (QED) is 0.676. The molecule has 0 amide bonds. The molecule has 1 rings (SSSR count). The fraction of sp³-hybridized carbons (Fsp3) is 0.444. The third-order valence-corrected chi connectivity index (χ3v) is 1.36. The van der Waals surface area contributed by atoms with Crippen LogP contribution in [0.5, 0.6) is 5.88 Å². The highest BCUT2D eigenvalue weighted by atomic mass is 16.5. The van der Waals surface area contributed by atoms with Crippen molar-refractivity contribution in [2.75, 3.05) is 7.11 Å². The molecule has 0 atom stereocenters. The van der Waals surface area contributed by atoms with E-state index in [1.807, 2.05) is 13.8 Å². The van der Waals surface area contributed by atoms with Gasteiger partial charge in [-0.1, -0.05) is 0 Å². The number of carbonyl (C=O) groups is 1. The Morgan fingerprint density at radius 2 is 2.14 bits per heavy atom. The van der Waals surface area contributed by atoms with Crippen LogP contribution >= 0.6 is 0 Å². The summed E-state index contributed by atoms with van der Waals surface area (Å²) in [5, 5.41) is 0. The lowest BCUT2D eigenvalue weighted by atomic mass is 10.4. The standard InChI is InChI=1S/C9H12N2O3/c1-6(2)14-8-5-10-4-7(11-8)9(12)13-3/h4-6H,1-3H3. The first-order valence-electron chi connectivity index (χ1n) is 4.20. The molecule has 5 heteroatoms. The van der Waals surface area contributed by atoms with Gasteiger partial charge in [0.25, 0.3) is 0 Å². The van der Waals surface area contributed by atoms with Crippen molar-refractivity contribution in [1.82, 2.24) is 9.97 Å². The minimum absolute atomic E-state index is 0.00260. The number of esters is 1. The number of nitrogens with zero attached hydrogens (tertiary/aromatic N) is 2. The van der Waals surface area contributed by atoms with Gasteiger partial charge in [-0.2, -0.15) is 0 Å². The van der Waals surface area contributed by atoms with E-state index < -0.39 is 5.97 Å². The molecule has 0 aliphatic heterocycles. The van der Waals surface area contributed by atoms with Gasteiger partial charge in [-0.05, 0) is 13.8 Å². The summed E-state index contributed by atoms with van der Waals surface area (Å²) in [5.74, 6) is -0.199. The number of ether oxygens (including phenoxy) is 2. The minimum atomic E-state index is -0.522. The smallest absolute Gasteiger partial charge is 0.358 e. The summed E-state index contributed by atoms with van der Waals surface area (Å²) in [7, 11) is 1.29. The summed E-state index contributed by atoms with van der Waals surface area (Å²) in [6.45, 7) is 3.74. The number of hydrogen-bond acceptors (Lipinski definition) is 5. The summed E-state index contributed by atoms with van der Waals surface area (Å²) in [6, 6.07) is 0. The molecular formula is C9H12N2O3. The lowest BCUT2D eigenvalue weighted by Gasteiger charge is -2.08. The van der Waals surface area contributed by atoms with Crippen LogP contribution < -0.4 is 4.74 Å². The van der Waals surface area contributed by atoms with Gasteiger partial charge in [-0.25, -0.2) is 9.78 Å². The first-order valence-corrected chi connectivity index (χ1v) is 4.20. The molecule has 76 valence electrons. The van der Waals surface area contributed by atoms with Crippen LogP contribution in [0.3, 0.4) is 0 Å². The Labute approximate surface area is 82.1 Å². The Kier molecular flexibility index (Phi) is 3.39. The van der Waals surface area contributed by atoms with E-state index in [2.05, 4.69) is 14.7 Å². The van der Waals surface area contributed by atoms with Gasteiger partial charge in [0.05, 0.1) is 25.6 Å². The van der Waals surface area contributed by atoms with Gasteiger partial charge >= 0.3 is 5.97 Å². The summed E-state index contributed by atoms with van der Waals surface area (Å²) < 4.78 is 9.77. The molecule has 1 aromatic rings.